The number of rotatable bonds is 3. The van der Waals surface area contributed by atoms with Crippen LogP contribution in [0.5, 0.6) is 5.75 Å². The lowest BCUT2D eigenvalue weighted by atomic mass is 10.3. The Kier molecular flexibility index (Phi) is 4.26. The average molecular weight is 435 g/mol. The number of halogens is 3. The van der Waals surface area contributed by atoms with Crippen molar-refractivity contribution in [1.82, 2.24) is 9.97 Å². The van der Waals surface area contributed by atoms with E-state index in [4.69, 9.17) is 16.3 Å². The van der Waals surface area contributed by atoms with Crippen LogP contribution in [-0.2, 0) is 6.61 Å². The molecular weight excluding hydrogens is 427 g/mol. The maximum atomic E-state index is 6.13. The molecule has 0 unspecified atom stereocenters. The van der Waals surface area contributed by atoms with Gasteiger partial charge < -0.3 is 4.74 Å². The van der Waals surface area contributed by atoms with E-state index in [0.29, 0.717) is 11.0 Å². The predicted octanol–water partition coefficient (Wildman–Crippen LogP) is 5.45. The van der Waals surface area contributed by atoms with Gasteiger partial charge >= 0.3 is 0 Å². The molecule has 0 saturated carbocycles. The SMILES string of the molecule is Clc1nc(COc2c(Br)cccc2Br)nc2sccc12. The molecule has 0 saturated heterocycles. The standard InChI is InChI=1S/C13H7Br2ClN2OS/c14-8-2-1-3-9(15)11(8)19-6-10-17-12(16)7-4-5-20-13(7)18-10/h1-5H,6H2. The smallest absolute Gasteiger partial charge is 0.169 e. The fraction of sp³-hybridized carbons (Fsp3) is 0.0769. The number of fused-ring (bicyclic) bond motifs is 1. The first kappa shape index (κ1) is 14.3. The van der Waals surface area contributed by atoms with Gasteiger partial charge in [-0.2, -0.15) is 0 Å². The van der Waals surface area contributed by atoms with Crippen LogP contribution in [-0.4, -0.2) is 9.97 Å². The Hall–Kier alpha value is -0.690. The molecule has 0 amide bonds. The molecule has 3 rings (SSSR count). The number of aromatic nitrogens is 2. The van der Waals surface area contributed by atoms with Gasteiger partial charge in [0.2, 0.25) is 0 Å². The summed E-state index contributed by atoms with van der Waals surface area (Å²) in [7, 11) is 0. The predicted molar refractivity (Wildman–Crippen MR) is 88.6 cm³/mol. The first-order valence-electron chi connectivity index (χ1n) is 5.61. The molecule has 20 heavy (non-hydrogen) atoms. The van der Waals surface area contributed by atoms with Gasteiger partial charge in [0, 0.05) is 5.39 Å². The van der Waals surface area contributed by atoms with Crippen LogP contribution in [0.1, 0.15) is 5.82 Å². The first-order chi connectivity index (χ1) is 9.65. The van der Waals surface area contributed by atoms with Gasteiger partial charge in [-0.05, 0) is 55.4 Å². The zero-order valence-electron chi connectivity index (χ0n) is 9.94. The summed E-state index contributed by atoms with van der Waals surface area (Å²) in [5, 5.41) is 3.28. The molecule has 0 fully saturated rings. The van der Waals surface area contributed by atoms with Crippen LogP contribution in [0.25, 0.3) is 10.2 Å². The summed E-state index contributed by atoms with van der Waals surface area (Å²) in [5.41, 5.74) is 0. The number of hydrogen-bond donors (Lipinski definition) is 0. The molecule has 2 aromatic heterocycles. The van der Waals surface area contributed by atoms with Crippen LogP contribution in [0, 0.1) is 0 Å². The van der Waals surface area contributed by atoms with Crippen LogP contribution in [0.2, 0.25) is 5.15 Å². The Bertz CT molecular complexity index is 758. The van der Waals surface area contributed by atoms with Crippen molar-refractivity contribution < 1.29 is 4.74 Å². The maximum absolute atomic E-state index is 6.13. The summed E-state index contributed by atoms with van der Waals surface area (Å²) in [6.45, 7) is 0.259. The lowest BCUT2D eigenvalue weighted by Crippen LogP contribution is -2.02. The summed E-state index contributed by atoms with van der Waals surface area (Å²) >= 11 is 14.6. The molecule has 0 bridgehead atoms. The summed E-state index contributed by atoms with van der Waals surface area (Å²) in [5.74, 6) is 1.28. The average Bonchev–Trinajstić information content (AvgIpc) is 2.87. The summed E-state index contributed by atoms with van der Waals surface area (Å²) in [6.07, 6.45) is 0. The van der Waals surface area contributed by atoms with Crippen molar-refractivity contribution in [2.45, 2.75) is 6.61 Å². The second-order valence-electron chi connectivity index (χ2n) is 3.91. The second kappa shape index (κ2) is 5.97. The van der Waals surface area contributed by atoms with E-state index < -0.39 is 0 Å². The van der Waals surface area contributed by atoms with Gasteiger partial charge in [-0.25, -0.2) is 9.97 Å². The molecule has 0 aliphatic carbocycles. The molecule has 3 nitrogen and oxygen atoms in total. The largest absolute Gasteiger partial charge is 0.483 e. The van der Waals surface area contributed by atoms with E-state index in [-0.39, 0.29) is 6.61 Å². The Labute approximate surface area is 141 Å². The second-order valence-corrected chi connectivity index (χ2v) is 6.87. The van der Waals surface area contributed by atoms with E-state index in [1.165, 1.54) is 11.3 Å². The van der Waals surface area contributed by atoms with E-state index in [9.17, 15) is 0 Å². The fourth-order valence-electron chi connectivity index (χ4n) is 1.68. The molecular formula is C13H7Br2ClN2OS. The quantitative estimate of drug-likeness (QED) is 0.514. The third-order valence-corrected chi connectivity index (χ3v) is 4.93. The highest BCUT2D eigenvalue weighted by Crippen LogP contribution is 2.33. The molecule has 0 atom stereocenters. The van der Waals surface area contributed by atoms with E-state index in [2.05, 4.69) is 41.8 Å². The maximum Gasteiger partial charge on any atom is 0.169 e. The van der Waals surface area contributed by atoms with Crippen molar-refractivity contribution in [3.63, 3.8) is 0 Å². The minimum Gasteiger partial charge on any atom is -0.483 e. The highest BCUT2D eigenvalue weighted by atomic mass is 79.9. The van der Waals surface area contributed by atoms with E-state index in [0.717, 1.165) is 24.9 Å². The highest BCUT2D eigenvalue weighted by Gasteiger charge is 2.10. The van der Waals surface area contributed by atoms with E-state index >= 15 is 0 Å². The van der Waals surface area contributed by atoms with Gasteiger partial charge in [-0.1, -0.05) is 17.7 Å². The Morgan fingerprint density at radius 2 is 1.90 bits per heavy atom. The minimum absolute atomic E-state index is 0.259. The number of ether oxygens (including phenoxy) is 1. The molecule has 0 aliphatic rings. The van der Waals surface area contributed by atoms with Gasteiger partial charge in [-0.15, -0.1) is 11.3 Å². The van der Waals surface area contributed by atoms with E-state index in [1.807, 2.05) is 29.6 Å². The van der Waals surface area contributed by atoms with Crippen molar-refractivity contribution in [2.75, 3.05) is 0 Å². The Morgan fingerprint density at radius 1 is 1.15 bits per heavy atom. The zero-order chi connectivity index (χ0) is 14.1. The Morgan fingerprint density at radius 3 is 2.65 bits per heavy atom. The van der Waals surface area contributed by atoms with E-state index in [1.54, 1.807) is 0 Å². The van der Waals surface area contributed by atoms with Crippen LogP contribution in [0.3, 0.4) is 0 Å². The van der Waals surface area contributed by atoms with Gasteiger partial charge in [-0.3, -0.25) is 0 Å². The van der Waals surface area contributed by atoms with Crippen LogP contribution in [0.4, 0.5) is 0 Å². The minimum atomic E-state index is 0.259. The van der Waals surface area contributed by atoms with Crippen molar-refractivity contribution in [2.24, 2.45) is 0 Å². The Balaban J connectivity index is 1.87. The van der Waals surface area contributed by atoms with Crippen molar-refractivity contribution in [3.05, 3.63) is 49.6 Å². The summed E-state index contributed by atoms with van der Waals surface area (Å²) in [6, 6.07) is 7.66. The third kappa shape index (κ3) is 2.83. The summed E-state index contributed by atoms with van der Waals surface area (Å²) in [4.78, 5) is 9.56. The molecule has 0 aliphatic heterocycles. The first-order valence-corrected chi connectivity index (χ1v) is 8.46. The van der Waals surface area contributed by atoms with Crippen LogP contribution < -0.4 is 4.74 Å². The molecule has 1 aromatic carbocycles. The van der Waals surface area contributed by atoms with Crippen molar-refractivity contribution >= 4 is 65.0 Å². The van der Waals surface area contributed by atoms with Gasteiger partial charge in [0.05, 0.1) is 8.95 Å². The fourth-order valence-corrected chi connectivity index (χ4v) is 4.00. The zero-order valence-corrected chi connectivity index (χ0v) is 14.7. The number of hydrogen-bond acceptors (Lipinski definition) is 4. The number of thiophene rings is 1. The molecule has 0 N–H and O–H groups in total. The molecule has 0 radical (unpaired) electrons. The monoisotopic (exact) mass is 432 g/mol. The molecule has 0 spiro atoms. The van der Waals surface area contributed by atoms with Crippen molar-refractivity contribution in [3.8, 4) is 5.75 Å². The lowest BCUT2D eigenvalue weighted by molar-refractivity contribution is 0.292. The molecule has 102 valence electrons. The topological polar surface area (TPSA) is 35.0 Å². The summed E-state index contributed by atoms with van der Waals surface area (Å²) < 4.78 is 7.50. The number of para-hydroxylation sites is 1. The molecule has 3 aromatic rings. The lowest BCUT2D eigenvalue weighted by Gasteiger charge is -2.09. The van der Waals surface area contributed by atoms with Crippen LogP contribution in [0.15, 0.2) is 38.6 Å². The van der Waals surface area contributed by atoms with Crippen LogP contribution >= 0.6 is 54.8 Å². The van der Waals surface area contributed by atoms with Gasteiger partial charge in [0.1, 0.15) is 22.3 Å². The normalized spacial score (nSPS) is 10.9. The molecule has 7 heteroatoms. The van der Waals surface area contributed by atoms with Crippen molar-refractivity contribution in [1.29, 1.82) is 0 Å². The molecule has 2 heterocycles. The number of nitrogens with zero attached hydrogens (tertiary/aromatic N) is 2. The number of benzene rings is 1. The third-order valence-electron chi connectivity index (χ3n) is 2.59. The highest BCUT2D eigenvalue weighted by molar-refractivity contribution is 9.11. The van der Waals surface area contributed by atoms with Gasteiger partial charge in [0.15, 0.2) is 5.82 Å². The van der Waals surface area contributed by atoms with Gasteiger partial charge in [0.25, 0.3) is 0 Å².